The third-order valence-corrected chi connectivity index (χ3v) is 4.16. The molecule has 0 aliphatic carbocycles. The van der Waals surface area contributed by atoms with Gasteiger partial charge in [-0.05, 0) is 30.7 Å². The second-order valence-electron chi connectivity index (χ2n) is 6.30. The Morgan fingerprint density at radius 1 is 1.41 bits per heavy atom. The highest BCUT2D eigenvalue weighted by molar-refractivity contribution is 5.96. The number of Topliss-reactive ketones (excluding diaryl/α,β-unsaturated/α-hetero) is 1. The van der Waals surface area contributed by atoms with E-state index in [-0.39, 0.29) is 43.5 Å². The van der Waals surface area contributed by atoms with Gasteiger partial charge < -0.3 is 10.5 Å². The van der Waals surface area contributed by atoms with Crippen LogP contribution in [0.25, 0.3) is 4.85 Å². The van der Waals surface area contributed by atoms with Crippen LogP contribution in [-0.4, -0.2) is 29.8 Å². The number of carbonyl (C=O) groups excluding carboxylic acids is 1. The minimum Gasteiger partial charge on any atom is -0.386 e. The Balaban J connectivity index is 0.00000261. The van der Waals surface area contributed by atoms with Crippen LogP contribution in [0.2, 0.25) is 0 Å². The van der Waals surface area contributed by atoms with Crippen molar-refractivity contribution in [2.45, 2.75) is 18.9 Å². The van der Waals surface area contributed by atoms with E-state index in [0.717, 1.165) is 0 Å². The predicted octanol–water partition coefficient (Wildman–Crippen LogP) is 3.22. The van der Waals surface area contributed by atoms with E-state index in [2.05, 4.69) is 14.8 Å². The molecular weight excluding hydrogens is 371 g/mol. The van der Waals surface area contributed by atoms with Crippen molar-refractivity contribution in [3.8, 4) is 0 Å². The van der Waals surface area contributed by atoms with Gasteiger partial charge in [-0.25, -0.2) is 9.24 Å². The average molecular weight is 389 g/mol. The Hall–Kier alpha value is -2.82. The summed E-state index contributed by atoms with van der Waals surface area (Å²) in [6.45, 7) is 9.09. The first-order chi connectivity index (χ1) is 12.4. The van der Waals surface area contributed by atoms with Gasteiger partial charge in [-0.3, -0.25) is 14.8 Å². The monoisotopic (exact) mass is 388 g/mol. The third-order valence-electron chi connectivity index (χ3n) is 4.16. The number of aliphatic imine (C=N–C) groups is 1. The first kappa shape index (κ1) is 20.5. The molecule has 3 rings (SSSR count). The Morgan fingerprint density at radius 3 is 2.81 bits per heavy atom. The highest BCUT2D eigenvalue weighted by atomic mass is 35.5. The molecule has 0 radical (unpaired) electrons. The number of benzene rings is 1. The van der Waals surface area contributed by atoms with Gasteiger partial charge in [0.05, 0.1) is 13.2 Å². The fraction of sp³-hybridized carbons (Fsp3) is 0.263. The molecule has 27 heavy (non-hydrogen) atoms. The maximum Gasteiger partial charge on any atom is 0.205 e. The van der Waals surface area contributed by atoms with Crippen molar-refractivity contribution in [1.82, 2.24) is 4.98 Å². The normalized spacial score (nSPS) is 18.8. The van der Waals surface area contributed by atoms with Crippen molar-refractivity contribution >= 4 is 29.7 Å². The molecule has 0 spiro atoms. The lowest BCUT2D eigenvalue weighted by Gasteiger charge is -2.30. The van der Waals surface area contributed by atoms with Crippen molar-refractivity contribution < 1.29 is 13.9 Å². The van der Waals surface area contributed by atoms with Gasteiger partial charge in [-0.15, -0.1) is 12.4 Å². The SMILES string of the molecule is Cl.[C-]#[N+]c1ccc(C(=O)Cc2ccc(F)c([C@]3(C)COCC(N)=N3)c2)nc1. The molecule has 1 aliphatic rings. The molecule has 2 aromatic rings. The summed E-state index contributed by atoms with van der Waals surface area (Å²) in [5.74, 6) is -0.332. The topological polar surface area (TPSA) is 81.9 Å². The summed E-state index contributed by atoms with van der Waals surface area (Å²) in [5.41, 5.74) is 6.41. The van der Waals surface area contributed by atoms with Crippen molar-refractivity contribution in [1.29, 1.82) is 0 Å². The fourth-order valence-electron chi connectivity index (χ4n) is 2.86. The van der Waals surface area contributed by atoms with E-state index in [1.54, 1.807) is 25.1 Å². The van der Waals surface area contributed by atoms with Crippen LogP contribution in [0.1, 0.15) is 28.5 Å². The molecule has 0 saturated carbocycles. The number of nitrogens with two attached hydrogens (primary N) is 1. The Morgan fingerprint density at radius 2 is 2.19 bits per heavy atom. The summed E-state index contributed by atoms with van der Waals surface area (Å²) < 4.78 is 19.8. The van der Waals surface area contributed by atoms with Crippen LogP contribution in [0.15, 0.2) is 41.5 Å². The summed E-state index contributed by atoms with van der Waals surface area (Å²) in [6.07, 6.45) is 1.42. The maximum absolute atomic E-state index is 14.4. The van der Waals surface area contributed by atoms with Crippen LogP contribution in [0.4, 0.5) is 10.1 Å². The smallest absolute Gasteiger partial charge is 0.205 e. The minimum atomic E-state index is -0.930. The number of carbonyl (C=O) groups is 1. The van der Waals surface area contributed by atoms with Crippen LogP contribution in [0.3, 0.4) is 0 Å². The van der Waals surface area contributed by atoms with Gasteiger partial charge >= 0.3 is 0 Å². The predicted molar refractivity (Wildman–Crippen MR) is 102 cm³/mol. The highest BCUT2D eigenvalue weighted by Gasteiger charge is 2.32. The van der Waals surface area contributed by atoms with Crippen LogP contribution in [0, 0.1) is 12.4 Å². The number of ketones is 1. The standard InChI is InChI=1S/C19H17FN4O2.ClH/c1-19(11-26-10-18(21)24-19)14-7-12(3-5-15(14)20)8-17(25)16-6-4-13(22-2)9-23-16;/h3-7,9H,8,10-11H2,1H3,(H2,21,24);1H/t19-;/m0./s1. The molecule has 0 bridgehead atoms. The first-order valence-electron chi connectivity index (χ1n) is 7.99. The van der Waals surface area contributed by atoms with Crippen molar-refractivity contribution in [2.75, 3.05) is 13.2 Å². The number of ether oxygens (including phenoxy) is 1. The average Bonchev–Trinajstić information content (AvgIpc) is 2.63. The zero-order valence-corrected chi connectivity index (χ0v) is 15.4. The molecule has 0 amide bonds. The largest absolute Gasteiger partial charge is 0.386 e. The Labute approximate surface area is 162 Å². The van der Waals surface area contributed by atoms with Crippen LogP contribution < -0.4 is 5.73 Å². The van der Waals surface area contributed by atoms with E-state index < -0.39 is 11.4 Å². The molecular formula is C19H18ClFN4O2. The van der Waals surface area contributed by atoms with E-state index in [1.807, 2.05) is 0 Å². The Bertz CT molecular complexity index is 924. The van der Waals surface area contributed by atoms with Gasteiger partial charge in [0.15, 0.2) is 5.78 Å². The molecule has 1 atom stereocenters. The second-order valence-corrected chi connectivity index (χ2v) is 6.30. The number of pyridine rings is 1. The van der Waals surface area contributed by atoms with Gasteiger partial charge in [-0.2, -0.15) is 0 Å². The molecule has 140 valence electrons. The molecule has 8 heteroatoms. The van der Waals surface area contributed by atoms with E-state index in [9.17, 15) is 9.18 Å². The highest BCUT2D eigenvalue weighted by Crippen LogP contribution is 2.31. The summed E-state index contributed by atoms with van der Waals surface area (Å²) >= 11 is 0. The van der Waals surface area contributed by atoms with E-state index in [4.69, 9.17) is 17.0 Å². The van der Waals surface area contributed by atoms with Gasteiger partial charge in [-0.1, -0.05) is 12.1 Å². The number of rotatable bonds is 4. The summed E-state index contributed by atoms with van der Waals surface area (Å²) in [4.78, 5) is 24.0. The van der Waals surface area contributed by atoms with E-state index in [1.165, 1.54) is 18.3 Å². The lowest BCUT2D eigenvalue weighted by Crippen LogP contribution is -2.38. The van der Waals surface area contributed by atoms with Gasteiger partial charge in [0, 0.05) is 18.2 Å². The van der Waals surface area contributed by atoms with E-state index in [0.29, 0.717) is 22.6 Å². The maximum atomic E-state index is 14.4. The zero-order valence-electron chi connectivity index (χ0n) is 14.6. The van der Waals surface area contributed by atoms with Gasteiger partial charge in [0.25, 0.3) is 0 Å². The molecule has 2 heterocycles. The van der Waals surface area contributed by atoms with E-state index >= 15 is 0 Å². The fourth-order valence-corrected chi connectivity index (χ4v) is 2.86. The van der Waals surface area contributed by atoms with Crippen LogP contribution in [0.5, 0.6) is 0 Å². The quantitative estimate of drug-likeness (QED) is 0.644. The third kappa shape index (κ3) is 4.48. The first-order valence-corrected chi connectivity index (χ1v) is 7.99. The summed E-state index contributed by atoms with van der Waals surface area (Å²) in [5, 5.41) is 0. The molecule has 0 unspecified atom stereocenters. The van der Waals surface area contributed by atoms with Gasteiger partial charge in [0.2, 0.25) is 5.69 Å². The van der Waals surface area contributed by atoms with Crippen LogP contribution in [-0.2, 0) is 16.7 Å². The van der Waals surface area contributed by atoms with Gasteiger partial charge in [0.1, 0.15) is 29.5 Å². The molecule has 6 nitrogen and oxygen atoms in total. The number of hydrogen-bond acceptors (Lipinski definition) is 5. The summed E-state index contributed by atoms with van der Waals surface area (Å²) in [7, 11) is 0. The molecule has 0 fully saturated rings. The minimum absolute atomic E-state index is 0. The number of halogens is 2. The number of hydrogen-bond donors (Lipinski definition) is 1. The Kier molecular flexibility index (Phi) is 6.26. The molecule has 1 aromatic heterocycles. The zero-order chi connectivity index (χ0) is 18.7. The number of aromatic nitrogens is 1. The molecule has 0 saturated heterocycles. The van der Waals surface area contributed by atoms with Crippen LogP contribution >= 0.6 is 12.4 Å². The number of nitrogens with zero attached hydrogens (tertiary/aromatic N) is 3. The van der Waals surface area contributed by atoms with Crippen molar-refractivity contribution in [2.24, 2.45) is 10.7 Å². The second kappa shape index (κ2) is 8.25. The summed E-state index contributed by atoms with van der Waals surface area (Å²) in [6, 6.07) is 7.55. The lowest BCUT2D eigenvalue weighted by molar-refractivity contribution is 0.0987. The lowest BCUT2D eigenvalue weighted by atomic mass is 9.90. The number of amidine groups is 1. The van der Waals surface area contributed by atoms with Crippen molar-refractivity contribution in [3.05, 3.63) is 70.6 Å². The van der Waals surface area contributed by atoms with Crippen molar-refractivity contribution in [3.63, 3.8) is 0 Å². The molecule has 1 aliphatic heterocycles. The molecule has 2 N–H and O–H groups in total. The molecule has 1 aromatic carbocycles.